The average molecular weight is 286 g/mol. The summed E-state index contributed by atoms with van der Waals surface area (Å²) < 4.78 is 13.6. The molecule has 4 heteroatoms. The number of halogens is 1. The summed E-state index contributed by atoms with van der Waals surface area (Å²) in [5.74, 6) is -1.08. The number of carbonyl (C=O) groups excluding carboxylic acids is 1. The number of hydrogen-bond donors (Lipinski definition) is 2. The highest BCUT2D eigenvalue weighted by atomic mass is 19.1. The highest BCUT2D eigenvalue weighted by Crippen LogP contribution is 2.16. The Morgan fingerprint density at radius 2 is 1.90 bits per heavy atom. The molecule has 110 valence electrons. The summed E-state index contributed by atoms with van der Waals surface area (Å²) in [4.78, 5) is 12.0. The van der Waals surface area contributed by atoms with Crippen molar-refractivity contribution in [3.05, 3.63) is 59.4 Å². The topological polar surface area (TPSA) is 55.1 Å². The molecule has 0 saturated heterocycles. The summed E-state index contributed by atoms with van der Waals surface area (Å²) in [6.07, 6.45) is 3.31. The summed E-state index contributed by atoms with van der Waals surface area (Å²) in [7, 11) is 0. The van der Waals surface area contributed by atoms with E-state index >= 15 is 0 Å². The first-order valence-corrected chi connectivity index (χ1v) is 7.05. The van der Waals surface area contributed by atoms with E-state index in [2.05, 4.69) is 12.2 Å². The van der Waals surface area contributed by atoms with E-state index in [1.807, 2.05) is 24.3 Å². The lowest BCUT2D eigenvalue weighted by Crippen LogP contribution is -2.14. The molecule has 0 atom stereocenters. The largest absolute Gasteiger partial charge is 0.399 e. The number of rotatable bonds is 5. The number of hydrogen-bond acceptors (Lipinski definition) is 2. The summed E-state index contributed by atoms with van der Waals surface area (Å²) in [5, 5.41) is 2.68. The van der Waals surface area contributed by atoms with E-state index in [1.165, 1.54) is 23.8 Å². The van der Waals surface area contributed by atoms with Gasteiger partial charge in [0, 0.05) is 11.4 Å². The fourth-order valence-electron chi connectivity index (χ4n) is 2.05. The minimum Gasteiger partial charge on any atom is -0.399 e. The molecule has 0 saturated carbocycles. The Balaban J connectivity index is 2.07. The Morgan fingerprint density at radius 1 is 1.19 bits per heavy atom. The van der Waals surface area contributed by atoms with Gasteiger partial charge in [-0.1, -0.05) is 25.5 Å². The van der Waals surface area contributed by atoms with E-state index in [1.54, 1.807) is 0 Å². The third-order valence-electron chi connectivity index (χ3n) is 3.27. The first-order chi connectivity index (χ1) is 10.1. The van der Waals surface area contributed by atoms with Crippen LogP contribution >= 0.6 is 0 Å². The van der Waals surface area contributed by atoms with Gasteiger partial charge in [0.2, 0.25) is 0 Å². The third-order valence-corrected chi connectivity index (χ3v) is 3.27. The van der Waals surface area contributed by atoms with Gasteiger partial charge in [0.1, 0.15) is 5.82 Å². The molecule has 0 radical (unpaired) electrons. The number of aryl methyl sites for hydroxylation is 1. The molecule has 0 unspecified atom stereocenters. The number of anilines is 2. The van der Waals surface area contributed by atoms with Gasteiger partial charge in [-0.25, -0.2) is 4.39 Å². The number of nitrogens with one attached hydrogen (secondary N) is 1. The molecule has 0 aliphatic heterocycles. The summed E-state index contributed by atoms with van der Waals surface area (Å²) in [5.41, 5.74) is 7.75. The van der Waals surface area contributed by atoms with E-state index in [4.69, 9.17) is 5.73 Å². The van der Waals surface area contributed by atoms with Gasteiger partial charge in [0.05, 0.1) is 5.56 Å². The van der Waals surface area contributed by atoms with Crippen molar-refractivity contribution in [3.63, 3.8) is 0 Å². The third kappa shape index (κ3) is 4.05. The van der Waals surface area contributed by atoms with Crippen LogP contribution in [0.25, 0.3) is 0 Å². The molecular weight excluding hydrogens is 267 g/mol. The molecule has 2 rings (SSSR count). The Hall–Kier alpha value is -2.36. The molecule has 0 heterocycles. The molecular formula is C17H19FN2O. The summed E-state index contributed by atoms with van der Waals surface area (Å²) >= 11 is 0. The van der Waals surface area contributed by atoms with Crippen molar-refractivity contribution in [2.75, 3.05) is 11.1 Å². The van der Waals surface area contributed by atoms with Crippen LogP contribution in [0.15, 0.2) is 42.5 Å². The number of nitrogen functional groups attached to an aromatic ring is 1. The van der Waals surface area contributed by atoms with Gasteiger partial charge in [0.15, 0.2) is 0 Å². The molecule has 0 aliphatic carbocycles. The van der Waals surface area contributed by atoms with Crippen LogP contribution in [0.4, 0.5) is 15.8 Å². The first kappa shape index (κ1) is 15.0. The lowest BCUT2D eigenvalue weighted by atomic mass is 10.1. The molecule has 0 aliphatic rings. The molecule has 3 N–H and O–H groups in total. The molecule has 0 fully saturated rings. The van der Waals surface area contributed by atoms with Crippen LogP contribution in [0.3, 0.4) is 0 Å². The molecule has 1 amide bonds. The number of amides is 1. The lowest BCUT2D eigenvalue weighted by molar-refractivity contribution is 0.102. The SMILES string of the molecule is CCCCc1ccc(NC(=O)c2cc(N)ccc2F)cc1. The van der Waals surface area contributed by atoms with Crippen LogP contribution < -0.4 is 11.1 Å². The van der Waals surface area contributed by atoms with E-state index in [0.717, 1.165) is 19.3 Å². The van der Waals surface area contributed by atoms with Crippen LogP contribution in [0, 0.1) is 5.82 Å². The van der Waals surface area contributed by atoms with Gasteiger partial charge < -0.3 is 11.1 Å². The van der Waals surface area contributed by atoms with Gasteiger partial charge in [-0.2, -0.15) is 0 Å². The van der Waals surface area contributed by atoms with Crippen molar-refractivity contribution in [3.8, 4) is 0 Å². The minimum absolute atomic E-state index is 0.0509. The molecule has 2 aromatic carbocycles. The van der Waals surface area contributed by atoms with Gasteiger partial charge in [-0.3, -0.25) is 4.79 Å². The van der Waals surface area contributed by atoms with E-state index < -0.39 is 11.7 Å². The zero-order chi connectivity index (χ0) is 15.2. The van der Waals surface area contributed by atoms with Crippen LogP contribution in [0.2, 0.25) is 0 Å². The predicted octanol–water partition coefficient (Wildman–Crippen LogP) is 4.00. The van der Waals surface area contributed by atoms with E-state index in [0.29, 0.717) is 11.4 Å². The van der Waals surface area contributed by atoms with Crippen LogP contribution in [-0.2, 0) is 6.42 Å². The molecule has 3 nitrogen and oxygen atoms in total. The minimum atomic E-state index is -0.582. The average Bonchev–Trinajstić information content (AvgIpc) is 2.49. The van der Waals surface area contributed by atoms with Crippen molar-refractivity contribution in [2.45, 2.75) is 26.2 Å². The molecule has 2 aromatic rings. The fraction of sp³-hybridized carbons (Fsp3) is 0.235. The van der Waals surface area contributed by atoms with Gasteiger partial charge >= 0.3 is 0 Å². The van der Waals surface area contributed by atoms with E-state index in [9.17, 15) is 9.18 Å². The van der Waals surface area contributed by atoms with Gasteiger partial charge in [0.25, 0.3) is 5.91 Å². The lowest BCUT2D eigenvalue weighted by Gasteiger charge is -2.08. The maximum absolute atomic E-state index is 13.6. The quantitative estimate of drug-likeness (QED) is 0.816. The van der Waals surface area contributed by atoms with Crippen molar-refractivity contribution < 1.29 is 9.18 Å². The number of carbonyl (C=O) groups is 1. The number of nitrogens with two attached hydrogens (primary N) is 1. The molecule has 0 bridgehead atoms. The monoisotopic (exact) mass is 286 g/mol. The fourth-order valence-corrected chi connectivity index (χ4v) is 2.05. The second-order valence-electron chi connectivity index (χ2n) is 4.99. The second-order valence-corrected chi connectivity index (χ2v) is 4.99. The van der Waals surface area contributed by atoms with Crippen LogP contribution in [0.5, 0.6) is 0 Å². The molecule has 0 spiro atoms. The zero-order valence-electron chi connectivity index (χ0n) is 12.0. The normalized spacial score (nSPS) is 10.4. The van der Waals surface area contributed by atoms with Crippen molar-refractivity contribution in [1.82, 2.24) is 0 Å². The standard InChI is InChI=1S/C17H19FN2O/c1-2-3-4-12-5-8-14(9-6-12)20-17(21)15-11-13(19)7-10-16(15)18/h5-11H,2-4,19H2,1H3,(H,20,21). The first-order valence-electron chi connectivity index (χ1n) is 7.05. The summed E-state index contributed by atoms with van der Waals surface area (Å²) in [6, 6.07) is 11.6. The zero-order valence-corrected chi connectivity index (χ0v) is 12.0. The van der Waals surface area contributed by atoms with E-state index in [-0.39, 0.29) is 5.56 Å². The highest BCUT2D eigenvalue weighted by Gasteiger charge is 2.12. The number of benzene rings is 2. The Kier molecular flexibility index (Phi) is 4.93. The van der Waals surface area contributed by atoms with Gasteiger partial charge in [-0.05, 0) is 48.7 Å². The molecule has 21 heavy (non-hydrogen) atoms. The van der Waals surface area contributed by atoms with Gasteiger partial charge in [-0.15, -0.1) is 0 Å². The number of unbranched alkanes of at least 4 members (excludes halogenated alkanes) is 1. The Morgan fingerprint density at radius 3 is 2.57 bits per heavy atom. The maximum Gasteiger partial charge on any atom is 0.258 e. The second kappa shape index (κ2) is 6.88. The highest BCUT2D eigenvalue weighted by molar-refractivity contribution is 6.04. The Labute approximate surface area is 124 Å². The summed E-state index contributed by atoms with van der Waals surface area (Å²) in [6.45, 7) is 2.15. The van der Waals surface area contributed by atoms with Crippen molar-refractivity contribution in [1.29, 1.82) is 0 Å². The maximum atomic E-state index is 13.6. The van der Waals surface area contributed by atoms with Crippen molar-refractivity contribution >= 4 is 17.3 Å². The van der Waals surface area contributed by atoms with Crippen LogP contribution in [0.1, 0.15) is 35.7 Å². The Bertz CT molecular complexity index is 623. The smallest absolute Gasteiger partial charge is 0.258 e. The predicted molar refractivity (Wildman–Crippen MR) is 83.8 cm³/mol. The van der Waals surface area contributed by atoms with Crippen LogP contribution in [-0.4, -0.2) is 5.91 Å². The molecule has 0 aromatic heterocycles. The van der Waals surface area contributed by atoms with Crippen molar-refractivity contribution in [2.24, 2.45) is 0 Å².